The molecule has 3 nitrogen and oxygen atoms in total. The molecule has 3 unspecified atom stereocenters. The van der Waals surface area contributed by atoms with Gasteiger partial charge in [0.2, 0.25) is 0 Å². The molecule has 1 N–H and O–H groups in total. The highest BCUT2D eigenvalue weighted by molar-refractivity contribution is 7.92. The second kappa shape index (κ2) is 3.45. The van der Waals surface area contributed by atoms with Crippen LogP contribution in [0.15, 0.2) is 0 Å². The molecular formula is C11H21NO2S. The van der Waals surface area contributed by atoms with Crippen molar-refractivity contribution in [1.82, 2.24) is 5.32 Å². The molecule has 1 saturated carbocycles. The van der Waals surface area contributed by atoms with Crippen LogP contribution in [0.25, 0.3) is 0 Å². The fourth-order valence-corrected chi connectivity index (χ4v) is 5.32. The molecule has 3 atom stereocenters. The predicted molar refractivity (Wildman–Crippen MR) is 61.6 cm³/mol. The van der Waals surface area contributed by atoms with Crippen molar-refractivity contribution in [3.63, 3.8) is 0 Å². The molecule has 88 valence electrons. The van der Waals surface area contributed by atoms with Gasteiger partial charge in [0.15, 0.2) is 9.84 Å². The summed E-state index contributed by atoms with van der Waals surface area (Å²) in [7, 11) is -2.90. The maximum absolute atomic E-state index is 12.2. The Bertz CT molecular complexity index is 348. The fourth-order valence-electron chi connectivity index (χ4n) is 3.05. The molecule has 1 aliphatic heterocycles. The van der Waals surface area contributed by atoms with Crippen LogP contribution in [-0.4, -0.2) is 31.5 Å². The fraction of sp³-hybridized carbons (Fsp3) is 1.00. The van der Waals surface area contributed by atoms with Crippen molar-refractivity contribution >= 4 is 9.84 Å². The van der Waals surface area contributed by atoms with Crippen LogP contribution in [0.4, 0.5) is 0 Å². The number of nitrogens with one attached hydrogen (secondary N) is 1. The van der Waals surface area contributed by atoms with Gasteiger partial charge in [0.25, 0.3) is 0 Å². The minimum atomic E-state index is -2.90. The third-order valence-corrected chi connectivity index (χ3v) is 6.77. The third kappa shape index (κ3) is 1.72. The summed E-state index contributed by atoms with van der Waals surface area (Å²) in [4.78, 5) is 0. The zero-order valence-corrected chi connectivity index (χ0v) is 10.6. The van der Waals surface area contributed by atoms with E-state index in [9.17, 15) is 8.42 Å². The lowest BCUT2D eigenvalue weighted by Crippen LogP contribution is -2.62. The first-order valence-corrected chi connectivity index (χ1v) is 7.43. The van der Waals surface area contributed by atoms with E-state index < -0.39 is 9.84 Å². The lowest BCUT2D eigenvalue weighted by atomic mass is 9.73. The van der Waals surface area contributed by atoms with Crippen LogP contribution < -0.4 is 5.32 Å². The van der Waals surface area contributed by atoms with Crippen LogP contribution in [0.2, 0.25) is 0 Å². The third-order valence-electron chi connectivity index (χ3n) is 4.13. The summed E-state index contributed by atoms with van der Waals surface area (Å²) in [6.07, 6.45) is 3.01. The highest BCUT2D eigenvalue weighted by atomic mass is 32.2. The van der Waals surface area contributed by atoms with Gasteiger partial charge in [-0.05, 0) is 25.2 Å². The van der Waals surface area contributed by atoms with Crippen molar-refractivity contribution in [2.75, 3.05) is 6.54 Å². The Morgan fingerprint density at radius 3 is 2.67 bits per heavy atom. The summed E-state index contributed by atoms with van der Waals surface area (Å²) in [5.74, 6) is 0. The number of fused-ring (bicyclic) bond motifs is 1. The Kier molecular flexibility index (Phi) is 2.62. The average Bonchev–Trinajstić information content (AvgIpc) is 2.12. The molecule has 0 aromatic heterocycles. The molecule has 15 heavy (non-hydrogen) atoms. The summed E-state index contributed by atoms with van der Waals surface area (Å²) in [5, 5.41) is 3.07. The maximum atomic E-state index is 12.2. The Balaban J connectivity index is 2.34. The minimum Gasteiger partial charge on any atom is -0.311 e. The number of sulfone groups is 1. The second-order valence-corrected chi connectivity index (χ2v) is 8.29. The molecule has 0 bridgehead atoms. The molecule has 1 heterocycles. The molecule has 4 heteroatoms. The first-order valence-electron chi connectivity index (χ1n) is 5.82. The van der Waals surface area contributed by atoms with E-state index in [1.165, 1.54) is 0 Å². The quantitative estimate of drug-likeness (QED) is 0.684. The number of hydrogen-bond acceptors (Lipinski definition) is 3. The average molecular weight is 231 g/mol. The van der Waals surface area contributed by atoms with Gasteiger partial charge in [-0.1, -0.05) is 20.3 Å². The standard InChI is InChI=1S/C11H21NO2S/c1-8-7-12-10-9(15(8,13)14)5-4-6-11(10,2)3/h8-10,12H,4-7H2,1-3H3. The number of rotatable bonds is 0. The van der Waals surface area contributed by atoms with Crippen LogP contribution in [-0.2, 0) is 9.84 Å². The molecule has 0 aromatic rings. The van der Waals surface area contributed by atoms with Gasteiger partial charge in [0, 0.05) is 12.6 Å². The number of hydrogen-bond donors (Lipinski definition) is 1. The van der Waals surface area contributed by atoms with Crippen LogP contribution in [0.5, 0.6) is 0 Å². The largest absolute Gasteiger partial charge is 0.311 e. The van der Waals surface area contributed by atoms with Crippen LogP contribution in [0.1, 0.15) is 40.0 Å². The molecule has 1 aliphatic carbocycles. The Morgan fingerprint density at radius 1 is 1.33 bits per heavy atom. The molecule has 2 fully saturated rings. The van der Waals surface area contributed by atoms with Gasteiger partial charge in [-0.2, -0.15) is 0 Å². The first kappa shape index (κ1) is 11.4. The van der Waals surface area contributed by atoms with E-state index in [1.54, 1.807) is 0 Å². The van der Waals surface area contributed by atoms with Gasteiger partial charge in [-0.25, -0.2) is 8.42 Å². The van der Waals surface area contributed by atoms with E-state index >= 15 is 0 Å². The van der Waals surface area contributed by atoms with Gasteiger partial charge in [0.1, 0.15) is 0 Å². The Labute approximate surface area is 92.6 Å². The lowest BCUT2D eigenvalue weighted by Gasteiger charge is -2.48. The maximum Gasteiger partial charge on any atom is 0.158 e. The first-order chi connectivity index (χ1) is 6.86. The molecule has 1 saturated heterocycles. The zero-order valence-electron chi connectivity index (χ0n) is 9.79. The van der Waals surface area contributed by atoms with E-state index in [0.29, 0.717) is 6.54 Å². The Hall–Kier alpha value is -0.0900. The van der Waals surface area contributed by atoms with Crippen molar-refractivity contribution in [1.29, 1.82) is 0 Å². The summed E-state index contributed by atoms with van der Waals surface area (Å²) in [6, 6.07) is 0.160. The van der Waals surface area contributed by atoms with Crippen molar-refractivity contribution in [2.24, 2.45) is 5.41 Å². The molecule has 0 radical (unpaired) electrons. The van der Waals surface area contributed by atoms with Crippen LogP contribution in [0, 0.1) is 5.41 Å². The van der Waals surface area contributed by atoms with Gasteiger partial charge in [-0.3, -0.25) is 0 Å². The topological polar surface area (TPSA) is 46.2 Å². The molecule has 2 rings (SSSR count). The summed E-state index contributed by atoms with van der Waals surface area (Å²) >= 11 is 0. The molecule has 0 amide bonds. The summed E-state index contributed by atoms with van der Waals surface area (Å²) in [6.45, 7) is 6.80. The van der Waals surface area contributed by atoms with Crippen molar-refractivity contribution in [2.45, 2.75) is 56.6 Å². The SMILES string of the molecule is CC1CNC2C(CCCC2(C)C)S1(=O)=O. The molecule has 0 aromatic carbocycles. The smallest absolute Gasteiger partial charge is 0.158 e. The monoisotopic (exact) mass is 231 g/mol. The summed E-state index contributed by atoms with van der Waals surface area (Å²) < 4.78 is 24.4. The highest BCUT2D eigenvalue weighted by Crippen LogP contribution is 2.41. The van der Waals surface area contributed by atoms with Gasteiger partial charge in [-0.15, -0.1) is 0 Å². The van der Waals surface area contributed by atoms with E-state index in [0.717, 1.165) is 19.3 Å². The second-order valence-electron chi connectivity index (χ2n) is 5.70. The van der Waals surface area contributed by atoms with Crippen molar-refractivity contribution in [3.8, 4) is 0 Å². The summed E-state index contributed by atoms with van der Waals surface area (Å²) in [5.41, 5.74) is 0.121. The van der Waals surface area contributed by atoms with Crippen LogP contribution in [0.3, 0.4) is 0 Å². The minimum absolute atomic E-state index is 0.121. The Morgan fingerprint density at radius 2 is 2.00 bits per heavy atom. The van der Waals surface area contributed by atoms with Crippen molar-refractivity contribution < 1.29 is 8.42 Å². The normalized spacial score (nSPS) is 43.3. The molecule has 2 aliphatic rings. The van der Waals surface area contributed by atoms with Crippen LogP contribution >= 0.6 is 0 Å². The lowest BCUT2D eigenvalue weighted by molar-refractivity contribution is 0.164. The van der Waals surface area contributed by atoms with Gasteiger partial charge < -0.3 is 5.32 Å². The molecule has 0 spiro atoms. The van der Waals surface area contributed by atoms with E-state index in [1.807, 2.05) is 6.92 Å². The van der Waals surface area contributed by atoms with Crippen molar-refractivity contribution in [3.05, 3.63) is 0 Å². The molecular weight excluding hydrogens is 210 g/mol. The van der Waals surface area contributed by atoms with E-state index in [-0.39, 0.29) is 22.0 Å². The van der Waals surface area contributed by atoms with Gasteiger partial charge in [0.05, 0.1) is 10.5 Å². The zero-order chi connectivity index (χ0) is 11.3. The van der Waals surface area contributed by atoms with E-state index in [2.05, 4.69) is 19.2 Å². The van der Waals surface area contributed by atoms with Gasteiger partial charge >= 0.3 is 0 Å². The highest BCUT2D eigenvalue weighted by Gasteiger charge is 2.49. The predicted octanol–water partition coefficient (Wildman–Crippen LogP) is 1.34. The van der Waals surface area contributed by atoms with E-state index in [4.69, 9.17) is 0 Å².